The molecule has 1 aromatic carbocycles. The maximum Gasteiger partial charge on any atom is 0.137 e. The van der Waals surface area contributed by atoms with Gasteiger partial charge < -0.3 is 4.74 Å². The van der Waals surface area contributed by atoms with Gasteiger partial charge in [-0.2, -0.15) is 0 Å². The molecule has 0 amide bonds. The van der Waals surface area contributed by atoms with Crippen molar-refractivity contribution in [3.05, 3.63) is 68.7 Å². The van der Waals surface area contributed by atoms with Gasteiger partial charge in [-0.3, -0.25) is 4.40 Å². The molecule has 1 spiro atoms. The number of hydrogen-bond acceptors (Lipinski definition) is 2. The van der Waals surface area contributed by atoms with Gasteiger partial charge in [-0.15, -0.1) is 0 Å². The Labute approximate surface area is 142 Å². The molecule has 110 valence electrons. The average molecular weight is 402 g/mol. The van der Waals surface area contributed by atoms with Gasteiger partial charge in [0.1, 0.15) is 11.8 Å². The lowest BCUT2D eigenvalue weighted by Gasteiger charge is -2.14. The van der Waals surface area contributed by atoms with Crippen molar-refractivity contribution in [1.82, 2.24) is 9.38 Å². The lowest BCUT2D eigenvalue weighted by Crippen LogP contribution is -2.08. The molecule has 2 aliphatic rings. The Morgan fingerprint density at radius 3 is 2.86 bits per heavy atom. The van der Waals surface area contributed by atoms with Crippen LogP contribution in [0.5, 0.6) is 0 Å². The van der Waals surface area contributed by atoms with E-state index in [-0.39, 0.29) is 11.7 Å². The van der Waals surface area contributed by atoms with Gasteiger partial charge in [0, 0.05) is 9.77 Å². The molecule has 1 aliphatic carbocycles. The van der Waals surface area contributed by atoms with Gasteiger partial charge >= 0.3 is 0 Å². The summed E-state index contributed by atoms with van der Waals surface area (Å²) in [5.41, 5.74) is 5.87. The highest BCUT2D eigenvalue weighted by Gasteiger charge is 2.54. The number of halogens is 1. The molecule has 0 bridgehead atoms. The first-order valence-electron chi connectivity index (χ1n) is 7.59. The first-order valence-corrected chi connectivity index (χ1v) is 8.67. The Morgan fingerprint density at radius 2 is 2.05 bits per heavy atom. The van der Waals surface area contributed by atoms with E-state index in [1.165, 1.54) is 20.4 Å². The number of benzene rings is 1. The minimum atomic E-state index is -0.0280. The lowest BCUT2D eigenvalue weighted by atomic mass is 9.99. The van der Waals surface area contributed by atoms with Gasteiger partial charge in [-0.05, 0) is 65.6 Å². The SMILES string of the molecule is Cc1nc2ccc(I)cn2c1C1OC2(CC2)c2ccccc21. The first kappa shape index (κ1) is 13.1. The van der Waals surface area contributed by atoms with E-state index in [4.69, 9.17) is 9.72 Å². The van der Waals surface area contributed by atoms with Crippen LogP contribution in [0.4, 0.5) is 0 Å². The third-order valence-electron chi connectivity index (χ3n) is 4.83. The van der Waals surface area contributed by atoms with Gasteiger partial charge in [0.15, 0.2) is 0 Å². The quantitative estimate of drug-likeness (QED) is 0.566. The molecule has 3 heterocycles. The summed E-state index contributed by atoms with van der Waals surface area (Å²) in [5, 5.41) is 0. The molecule has 3 aromatic rings. The van der Waals surface area contributed by atoms with Crippen molar-refractivity contribution < 1.29 is 4.74 Å². The van der Waals surface area contributed by atoms with E-state index in [2.05, 4.69) is 76.5 Å². The molecule has 1 atom stereocenters. The van der Waals surface area contributed by atoms with Gasteiger partial charge in [0.2, 0.25) is 0 Å². The second-order valence-corrected chi connectivity index (χ2v) is 7.48. The standard InChI is InChI=1S/C18H15IN2O/c1-11-16(21-10-12(19)6-7-15(21)20-11)17-13-4-2-3-5-14(13)18(22-17)8-9-18/h2-7,10,17H,8-9H2,1H3. The molecule has 0 radical (unpaired) electrons. The monoisotopic (exact) mass is 402 g/mol. The maximum absolute atomic E-state index is 6.54. The van der Waals surface area contributed by atoms with E-state index >= 15 is 0 Å². The molecular weight excluding hydrogens is 387 g/mol. The molecule has 2 aromatic heterocycles. The summed E-state index contributed by atoms with van der Waals surface area (Å²) < 4.78 is 9.94. The van der Waals surface area contributed by atoms with E-state index in [0.29, 0.717) is 0 Å². The van der Waals surface area contributed by atoms with Crippen molar-refractivity contribution in [2.45, 2.75) is 31.5 Å². The zero-order valence-electron chi connectivity index (χ0n) is 12.2. The van der Waals surface area contributed by atoms with Gasteiger partial charge in [-0.1, -0.05) is 24.3 Å². The number of imidazole rings is 1. The van der Waals surface area contributed by atoms with Crippen LogP contribution in [-0.2, 0) is 10.3 Å². The molecule has 1 unspecified atom stereocenters. The van der Waals surface area contributed by atoms with E-state index in [9.17, 15) is 0 Å². The number of aromatic nitrogens is 2. The van der Waals surface area contributed by atoms with Crippen LogP contribution >= 0.6 is 22.6 Å². The smallest absolute Gasteiger partial charge is 0.137 e. The first-order chi connectivity index (χ1) is 10.7. The summed E-state index contributed by atoms with van der Waals surface area (Å²) in [6.07, 6.45) is 4.41. The van der Waals surface area contributed by atoms with Crippen LogP contribution in [0.25, 0.3) is 5.65 Å². The van der Waals surface area contributed by atoms with Crippen LogP contribution in [0.3, 0.4) is 0 Å². The topological polar surface area (TPSA) is 26.5 Å². The molecule has 4 heteroatoms. The van der Waals surface area contributed by atoms with Crippen molar-refractivity contribution in [3.63, 3.8) is 0 Å². The normalized spacial score (nSPS) is 21.5. The minimum Gasteiger partial charge on any atom is -0.356 e. The number of nitrogens with zero attached hydrogens (tertiary/aromatic N) is 2. The van der Waals surface area contributed by atoms with Crippen molar-refractivity contribution in [1.29, 1.82) is 0 Å². The molecule has 1 fully saturated rings. The fourth-order valence-corrected chi connectivity index (χ4v) is 4.13. The number of hydrogen-bond donors (Lipinski definition) is 0. The second kappa shape index (κ2) is 4.32. The summed E-state index contributed by atoms with van der Waals surface area (Å²) in [6, 6.07) is 12.8. The van der Waals surface area contributed by atoms with E-state index in [1.54, 1.807) is 0 Å². The molecule has 3 nitrogen and oxygen atoms in total. The summed E-state index contributed by atoms with van der Waals surface area (Å²) >= 11 is 2.35. The van der Waals surface area contributed by atoms with Crippen LogP contribution in [0.1, 0.15) is 41.5 Å². The van der Waals surface area contributed by atoms with Crippen LogP contribution in [0.15, 0.2) is 42.6 Å². The fourth-order valence-electron chi connectivity index (χ4n) is 3.67. The minimum absolute atomic E-state index is 0.00750. The van der Waals surface area contributed by atoms with Crippen molar-refractivity contribution in [2.75, 3.05) is 0 Å². The zero-order chi connectivity index (χ0) is 14.9. The highest BCUT2D eigenvalue weighted by Crippen LogP contribution is 2.59. The number of fused-ring (bicyclic) bond motifs is 3. The van der Waals surface area contributed by atoms with Crippen LogP contribution in [-0.4, -0.2) is 9.38 Å². The predicted molar refractivity (Wildman–Crippen MR) is 92.9 cm³/mol. The molecule has 0 saturated heterocycles. The molecule has 0 N–H and O–H groups in total. The summed E-state index contributed by atoms with van der Waals surface area (Å²) in [4.78, 5) is 4.72. The number of ether oxygens (including phenoxy) is 1. The largest absolute Gasteiger partial charge is 0.356 e. The maximum atomic E-state index is 6.54. The van der Waals surface area contributed by atoms with Crippen LogP contribution in [0.2, 0.25) is 0 Å². The summed E-state index contributed by atoms with van der Waals surface area (Å²) in [6.45, 7) is 2.08. The Morgan fingerprint density at radius 1 is 1.23 bits per heavy atom. The lowest BCUT2D eigenvalue weighted by molar-refractivity contribution is 0.0104. The Balaban J connectivity index is 1.76. The summed E-state index contributed by atoms with van der Waals surface area (Å²) in [5.74, 6) is 0. The third-order valence-corrected chi connectivity index (χ3v) is 5.47. The van der Waals surface area contributed by atoms with E-state index in [0.717, 1.165) is 24.2 Å². The molecule has 1 saturated carbocycles. The predicted octanol–water partition coefficient (Wildman–Crippen LogP) is 4.36. The molecule has 5 rings (SSSR count). The Kier molecular flexibility index (Phi) is 2.57. The highest BCUT2D eigenvalue weighted by atomic mass is 127. The zero-order valence-corrected chi connectivity index (χ0v) is 14.4. The van der Waals surface area contributed by atoms with E-state index < -0.39 is 0 Å². The van der Waals surface area contributed by atoms with Gasteiger partial charge in [0.25, 0.3) is 0 Å². The van der Waals surface area contributed by atoms with Crippen molar-refractivity contribution >= 4 is 28.2 Å². The molecule has 22 heavy (non-hydrogen) atoms. The fraction of sp³-hybridized carbons (Fsp3) is 0.278. The third kappa shape index (κ3) is 1.68. The molecular formula is C18H15IN2O. The Bertz CT molecular complexity index is 911. The second-order valence-electron chi connectivity index (χ2n) is 6.24. The van der Waals surface area contributed by atoms with Crippen molar-refractivity contribution in [2.24, 2.45) is 0 Å². The van der Waals surface area contributed by atoms with Crippen LogP contribution < -0.4 is 0 Å². The van der Waals surface area contributed by atoms with Crippen LogP contribution in [0, 0.1) is 10.5 Å². The highest BCUT2D eigenvalue weighted by molar-refractivity contribution is 14.1. The van der Waals surface area contributed by atoms with Gasteiger partial charge in [0.05, 0.1) is 17.0 Å². The number of rotatable bonds is 1. The van der Waals surface area contributed by atoms with E-state index in [1.807, 2.05) is 0 Å². The molecule has 1 aliphatic heterocycles. The number of pyridine rings is 1. The van der Waals surface area contributed by atoms with Crippen molar-refractivity contribution in [3.8, 4) is 0 Å². The Hall–Kier alpha value is -1.40. The summed E-state index contributed by atoms with van der Waals surface area (Å²) in [7, 11) is 0. The van der Waals surface area contributed by atoms with Gasteiger partial charge in [-0.25, -0.2) is 4.98 Å². The average Bonchev–Trinajstić information content (AvgIpc) is 3.13. The number of aryl methyl sites for hydroxylation is 1.